The molecule has 0 bridgehead atoms. The van der Waals surface area contributed by atoms with Crippen LogP contribution in [-0.4, -0.2) is 26.0 Å². The molecule has 0 saturated carbocycles. The molecule has 30 heavy (non-hydrogen) atoms. The number of amides is 2. The van der Waals surface area contributed by atoms with Gasteiger partial charge in [-0.05, 0) is 60.0 Å². The number of aryl methyl sites for hydroxylation is 1. The van der Waals surface area contributed by atoms with Crippen molar-refractivity contribution in [3.63, 3.8) is 0 Å². The number of hydrogen-bond donors (Lipinski definition) is 0. The molecule has 0 aliphatic carbocycles. The van der Waals surface area contributed by atoms with Gasteiger partial charge in [-0.1, -0.05) is 30.3 Å². The van der Waals surface area contributed by atoms with Crippen molar-refractivity contribution >= 4 is 29.2 Å². The van der Waals surface area contributed by atoms with Crippen LogP contribution in [0.5, 0.6) is 11.5 Å². The third kappa shape index (κ3) is 3.46. The number of imide groups is 1. The number of ether oxygens (including phenoxy) is 2. The summed E-state index contributed by atoms with van der Waals surface area (Å²) in [6, 6.07) is 19.9. The van der Waals surface area contributed by atoms with Crippen molar-refractivity contribution in [2.45, 2.75) is 6.92 Å². The summed E-state index contributed by atoms with van der Waals surface area (Å²) in [5, 5.41) is 0. The van der Waals surface area contributed by atoms with Gasteiger partial charge in [0.25, 0.3) is 11.8 Å². The molecule has 3 aromatic rings. The number of carbonyl (C=O) groups is 2. The first-order chi connectivity index (χ1) is 14.5. The minimum absolute atomic E-state index is 0.332. The van der Waals surface area contributed by atoms with E-state index in [9.17, 15) is 9.59 Å². The van der Waals surface area contributed by atoms with Crippen LogP contribution in [0.4, 0.5) is 5.69 Å². The van der Waals surface area contributed by atoms with E-state index in [2.05, 4.69) is 0 Å². The van der Waals surface area contributed by atoms with Crippen molar-refractivity contribution < 1.29 is 19.1 Å². The second kappa shape index (κ2) is 7.87. The van der Waals surface area contributed by atoms with Gasteiger partial charge in [0.2, 0.25) is 0 Å². The minimum Gasteiger partial charge on any atom is -0.497 e. The molecule has 1 aliphatic rings. The van der Waals surface area contributed by atoms with Crippen LogP contribution in [0.1, 0.15) is 27.0 Å². The Kier molecular flexibility index (Phi) is 5.11. The Morgan fingerprint density at radius 2 is 1.43 bits per heavy atom. The molecule has 150 valence electrons. The zero-order valence-electron chi connectivity index (χ0n) is 17.0. The van der Waals surface area contributed by atoms with Gasteiger partial charge in [0.1, 0.15) is 11.5 Å². The number of benzene rings is 3. The summed E-state index contributed by atoms with van der Waals surface area (Å²) >= 11 is 0. The maximum Gasteiger partial charge on any atom is 0.265 e. The van der Waals surface area contributed by atoms with E-state index in [1.807, 2.05) is 43.3 Å². The molecule has 0 atom stereocenters. The zero-order valence-corrected chi connectivity index (χ0v) is 17.0. The van der Waals surface area contributed by atoms with Gasteiger partial charge in [-0.25, -0.2) is 4.90 Å². The monoisotopic (exact) mass is 399 g/mol. The third-order valence-corrected chi connectivity index (χ3v) is 5.03. The lowest BCUT2D eigenvalue weighted by Crippen LogP contribution is -2.41. The number of rotatable bonds is 4. The Bertz CT molecular complexity index is 1160. The van der Waals surface area contributed by atoms with Gasteiger partial charge < -0.3 is 9.47 Å². The SMILES string of the molecule is COc1cc(/C=C2/C(=O)N(c3cccc(C)c3)C(=O)c3ccccc32)cc(OC)c1. The fraction of sp³-hybridized carbons (Fsp3) is 0.120. The van der Waals surface area contributed by atoms with E-state index in [0.717, 1.165) is 11.1 Å². The summed E-state index contributed by atoms with van der Waals surface area (Å²) in [6.45, 7) is 1.93. The van der Waals surface area contributed by atoms with E-state index in [1.165, 1.54) is 4.90 Å². The van der Waals surface area contributed by atoms with Crippen molar-refractivity contribution in [1.82, 2.24) is 0 Å². The summed E-state index contributed by atoms with van der Waals surface area (Å²) in [7, 11) is 3.15. The zero-order chi connectivity index (χ0) is 21.3. The summed E-state index contributed by atoms with van der Waals surface area (Å²) < 4.78 is 10.7. The van der Waals surface area contributed by atoms with Crippen molar-refractivity contribution in [2.24, 2.45) is 0 Å². The van der Waals surface area contributed by atoms with Crippen molar-refractivity contribution in [2.75, 3.05) is 19.1 Å². The molecule has 5 heteroatoms. The van der Waals surface area contributed by atoms with Crippen LogP contribution in [0.25, 0.3) is 11.6 Å². The van der Waals surface area contributed by atoms with E-state index in [4.69, 9.17) is 9.47 Å². The van der Waals surface area contributed by atoms with Gasteiger partial charge in [0.15, 0.2) is 0 Å². The maximum atomic E-state index is 13.5. The van der Waals surface area contributed by atoms with Crippen LogP contribution in [0.3, 0.4) is 0 Å². The average Bonchev–Trinajstić information content (AvgIpc) is 2.76. The van der Waals surface area contributed by atoms with Gasteiger partial charge in [-0.2, -0.15) is 0 Å². The quantitative estimate of drug-likeness (QED) is 0.470. The summed E-state index contributed by atoms with van der Waals surface area (Å²) in [6.07, 6.45) is 1.77. The lowest BCUT2D eigenvalue weighted by molar-refractivity contribution is -0.112. The maximum absolute atomic E-state index is 13.5. The van der Waals surface area contributed by atoms with E-state index in [1.54, 1.807) is 50.6 Å². The molecule has 2 amide bonds. The number of methoxy groups -OCH3 is 2. The van der Waals surface area contributed by atoms with Crippen molar-refractivity contribution in [1.29, 1.82) is 0 Å². The molecule has 0 aromatic heterocycles. The van der Waals surface area contributed by atoms with Gasteiger partial charge in [-0.15, -0.1) is 0 Å². The molecule has 1 heterocycles. The minimum atomic E-state index is -0.369. The predicted octanol–water partition coefficient (Wildman–Crippen LogP) is 4.74. The molecule has 1 aliphatic heterocycles. The number of nitrogens with zero attached hydrogens (tertiary/aromatic N) is 1. The molecule has 0 radical (unpaired) electrons. The standard InChI is InChI=1S/C25H21NO4/c1-16-7-6-8-18(11-16)26-24(27)22-10-5-4-9-21(22)23(25(26)28)14-17-12-19(29-2)15-20(13-17)30-3/h4-15H,1-3H3/b23-14+. The molecule has 0 unspecified atom stereocenters. The fourth-order valence-electron chi connectivity index (χ4n) is 3.57. The van der Waals surface area contributed by atoms with Crippen LogP contribution in [0, 0.1) is 6.92 Å². The lowest BCUT2D eigenvalue weighted by atomic mass is 9.91. The predicted molar refractivity (Wildman–Crippen MR) is 117 cm³/mol. The van der Waals surface area contributed by atoms with Crippen molar-refractivity contribution in [3.8, 4) is 11.5 Å². The Morgan fingerprint density at radius 1 is 0.767 bits per heavy atom. The normalized spacial score (nSPS) is 14.6. The fourth-order valence-corrected chi connectivity index (χ4v) is 3.57. The van der Waals surface area contributed by atoms with Crippen LogP contribution in [0.15, 0.2) is 66.7 Å². The smallest absolute Gasteiger partial charge is 0.265 e. The van der Waals surface area contributed by atoms with E-state index >= 15 is 0 Å². The summed E-state index contributed by atoms with van der Waals surface area (Å²) in [4.78, 5) is 27.9. The lowest BCUT2D eigenvalue weighted by Gasteiger charge is -2.29. The van der Waals surface area contributed by atoms with Crippen LogP contribution in [-0.2, 0) is 4.79 Å². The van der Waals surface area contributed by atoms with E-state index in [-0.39, 0.29) is 11.8 Å². The number of hydrogen-bond acceptors (Lipinski definition) is 4. The molecule has 4 rings (SSSR count). The highest BCUT2D eigenvalue weighted by Gasteiger charge is 2.35. The first kappa shape index (κ1) is 19.5. The first-order valence-corrected chi connectivity index (χ1v) is 9.51. The molecular formula is C25H21NO4. The second-order valence-corrected chi connectivity index (χ2v) is 7.03. The number of fused-ring (bicyclic) bond motifs is 1. The molecule has 0 fully saturated rings. The molecule has 3 aromatic carbocycles. The molecule has 0 saturated heterocycles. The van der Waals surface area contributed by atoms with Crippen LogP contribution < -0.4 is 14.4 Å². The molecule has 5 nitrogen and oxygen atoms in total. The van der Waals surface area contributed by atoms with Gasteiger partial charge >= 0.3 is 0 Å². The van der Waals surface area contributed by atoms with Crippen LogP contribution >= 0.6 is 0 Å². The topological polar surface area (TPSA) is 55.8 Å². The molecule has 0 N–H and O–H groups in total. The highest BCUT2D eigenvalue weighted by molar-refractivity contribution is 6.43. The largest absolute Gasteiger partial charge is 0.497 e. The van der Waals surface area contributed by atoms with Gasteiger partial charge in [0, 0.05) is 17.2 Å². The number of carbonyl (C=O) groups excluding carboxylic acids is 2. The van der Waals surface area contributed by atoms with Crippen molar-refractivity contribution in [3.05, 3.63) is 89.0 Å². The average molecular weight is 399 g/mol. The van der Waals surface area contributed by atoms with E-state index < -0.39 is 0 Å². The number of anilines is 1. The van der Waals surface area contributed by atoms with Crippen LogP contribution in [0.2, 0.25) is 0 Å². The van der Waals surface area contributed by atoms with Gasteiger partial charge in [-0.3, -0.25) is 9.59 Å². The second-order valence-electron chi connectivity index (χ2n) is 7.03. The summed E-state index contributed by atoms with van der Waals surface area (Å²) in [5.74, 6) is 0.529. The first-order valence-electron chi connectivity index (χ1n) is 9.51. The Balaban J connectivity index is 1.90. The Labute approximate surface area is 175 Å². The molecule has 0 spiro atoms. The summed E-state index contributed by atoms with van der Waals surface area (Å²) in [5.41, 5.74) is 3.78. The highest BCUT2D eigenvalue weighted by Crippen LogP contribution is 2.34. The van der Waals surface area contributed by atoms with E-state index in [0.29, 0.717) is 33.9 Å². The highest BCUT2D eigenvalue weighted by atomic mass is 16.5. The Hall–Kier alpha value is -3.86. The van der Waals surface area contributed by atoms with Gasteiger partial charge in [0.05, 0.1) is 19.9 Å². The third-order valence-electron chi connectivity index (χ3n) is 5.03. The Morgan fingerprint density at radius 3 is 2.07 bits per heavy atom. The molecular weight excluding hydrogens is 378 g/mol.